The molecule has 0 saturated carbocycles. The zero-order chi connectivity index (χ0) is 17.1. The van der Waals surface area contributed by atoms with E-state index in [9.17, 15) is 4.79 Å². The molecular formula is C18H22N6O. The Bertz CT molecular complexity index is 867. The third-order valence-corrected chi connectivity index (χ3v) is 4.65. The van der Waals surface area contributed by atoms with Crippen LogP contribution in [0.2, 0.25) is 0 Å². The number of imidazole rings is 1. The Labute approximate surface area is 146 Å². The van der Waals surface area contributed by atoms with Gasteiger partial charge in [-0.25, -0.2) is 9.97 Å². The molecule has 0 bridgehead atoms. The number of amides is 1. The molecule has 1 aliphatic rings. The Morgan fingerprint density at radius 2 is 2.20 bits per heavy atom. The van der Waals surface area contributed by atoms with Gasteiger partial charge in [0, 0.05) is 31.6 Å². The second-order valence-corrected chi connectivity index (χ2v) is 6.50. The van der Waals surface area contributed by atoms with E-state index in [1.807, 2.05) is 12.1 Å². The summed E-state index contributed by atoms with van der Waals surface area (Å²) in [5.41, 5.74) is 2.95. The van der Waals surface area contributed by atoms with Gasteiger partial charge in [0.2, 0.25) is 5.91 Å². The van der Waals surface area contributed by atoms with E-state index in [0.717, 1.165) is 30.6 Å². The predicted octanol–water partition coefficient (Wildman–Crippen LogP) is 2.77. The Hall–Kier alpha value is -2.70. The van der Waals surface area contributed by atoms with E-state index in [4.69, 9.17) is 4.98 Å². The molecule has 0 atom stereocenters. The van der Waals surface area contributed by atoms with Gasteiger partial charge in [0.25, 0.3) is 0 Å². The van der Waals surface area contributed by atoms with E-state index >= 15 is 0 Å². The SMILES string of the molecule is O=C(CCCn1cncn1)Nc1ccc2c(c1)nc1n2CCCCC1. The van der Waals surface area contributed by atoms with Crippen LogP contribution in [0.25, 0.3) is 11.0 Å². The standard InChI is InChI=1S/C18H22N6O/c25-18(6-4-9-23-13-19-12-20-23)21-14-7-8-16-15(11-14)22-17-5-2-1-3-10-24(16)17/h7-8,11-13H,1-6,9-10H2,(H,21,25). The van der Waals surface area contributed by atoms with Gasteiger partial charge in [-0.1, -0.05) is 6.42 Å². The molecule has 3 aromatic rings. The maximum Gasteiger partial charge on any atom is 0.224 e. The van der Waals surface area contributed by atoms with Crippen molar-refractivity contribution in [1.29, 1.82) is 0 Å². The molecule has 1 N–H and O–H groups in total. The number of nitrogens with zero attached hydrogens (tertiary/aromatic N) is 5. The molecule has 25 heavy (non-hydrogen) atoms. The first-order valence-electron chi connectivity index (χ1n) is 8.91. The lowest BCUT2D eigenvalue weighted by Crippen LogP contribution is -2.12. The van der Waals surface area contributed by atoms with Crippen LogP contribution in [-0.4, -0.2) is 30.2 Å². The fourth-order valence-corrected chi connectivity index (χ4v) is 3.40. The van der Waals surface area contributed by atoms with Crippen molar-refractivity contribution in [3.05, 3.63) is 36.7 Å². The summed E-state index contributed by atoms with van der Waals surface area (Å²) >= 11 is 0. The molecule has 7 nitrogen and oxygen atoms in total. The Balaban J connectivity index is 1.40. The van der Waals surface area contributed by atoms with Gasteiger partial charge in [0.05, 0.1) is 11.0 Å². The lowest BCUT2D eigenvalue weighted by Gasteiger charge is -2.07. The van der Waals surface area contributed by atoms with Gasteiger partial charge in [0.1, 0.15) is 18.5 Å². The summed E-state index contributed by atoms with van der Waals surface area (Å²) in [4.78, 5) is 20.8. The number of anilines is 1. The lowest BCUT2D eigenvalue weighted by molar-refractivity contribution is -0.116. The van der Waals surface area contributed by atoms with Crippen LogP contribution in [0.5, 0.6) is 0 Å². The molecule has 2 aromatic heterocycles. The van der Waals surface area contributed by atoms with E-state index in [0.29, 0.717) is 13.0 Å². The van der Waals surface area contributed by atoms with Crippen molar-refractivity contribution in [2.45, 2.75) is 51.6 Å². The molecule has 7 heteroatoms. The number of aromatic nitrogens is 5. The van der Waals surface area contributed by atoms with Crippen molar-refractivity contribution in [2.75, 3.05) is 5.32 Å². The fraction of sp³-hybridized carbons (Fsp3) is 0.444. The summed E-state index contributed by atoms with van der Waals surface area (Å²) < 4.78 is 4.06. The van der Waals surface area contributed by atoms with E-state index in [2.05, 4.69) is 26.0 Å². The molecule has 0 fully saturated rings. The molecule has 0 saturated heterocycles. The number of rotatable bonds is 5. The molecule has 4 rings (SSSR count). The third-order valence-electron chi connectivity index (χ3n) is 4.65. The van der Waals surface area contributed by atoms with Crippen molar-refractivity contribution in [1.82, 2.24) is 24.3 Å². The van der Waals surface area contributed by atoms with Crippen LogP contribution < -0.4 is 5.32 Å². The highest BCUT2D eigenvalue weighted by Crippen LogP contribution is 2.24. The topological polar surface area (TPSA) is 77.6 Å². The van der Waals surface area contributed by atoms with Gasteiger partial charge >= 0.3 is 0 Å². The molecule has 0 radical (unpaired) electrons. The minimum Gasteiger partial charge on any atom is -0.328 e. The lowest BCUT2D eigenvalue weighted by atomic mass is 10.2. The summed E-state index contributed by atoms with van der Waals surface area (Å²) in [6.07, 6.45) is 9.08. The van der Waals surface area contributed by atoms with Crippen LogP contribution in [0.4, 0.5) is 5.69 Å². The van der Waals surface area contributed by atoms with Gasteiger partial charge in [-0.2, -0.15) is 5.10 Å². The molecule has 130 valence electrons. The largest absolute Gasteiger partial charge is 0.328 e. The highest BCUT2D eigenvalue weighted by molar-refractivity contribution is 5.93. The van der Waals surface area contributed by atoms with Crippen molar-refractivity contribution in [3.8, 4) is 0 Å². The molecular weight excluding hydrogens is 316 g/mol. The minimum absolute atomic E-state index is 0.0141. The second-order valence-electron chi connectivity index (χ2n) is 6.50. The van der Waals surface area contributed by atoms with E-state index in [1.54, 1.807) is 11.0 Å². The van der Waals surface area contributed by atoms with Crippen molar-refractivity contribution in [3.63, 3.8) is 0 Å². The monoisotopic (exact) mass is 338 g/mol. The first-order chi connectivity index (χ1) is 12.3. The number of nitrogens with one attached hydrogen (secondary N) is 1. The van der Waals surface area contributed by atoms with Gasteiger partial charge < -0.3 is 9.88 Å². The van der Waals surface area contributed by atoms with Crippen LogP contribution >= 0.6 is 0 Å². The number of carbonyl (C=O) groups excluding carboxylic acids is 1. The summed E-state index contributed by atoms with van der Waals surface area (Å²) in [7, 11) is 0. The first-order valence-corrected chi connectivity index (χ1v) is 8.91. The number of fused-ring (bicyclic) bond motifs is 3. The Kier molecular flexibility index (Phi) is 4.45. The van der Waals surface area contributed by atoms with E-state index < -0.39 is 0 Å². The van der Waals surface area contributed by atoms with E-state index in [1.165, 1.54) is 36.9 Å². The van der Waals surface area contributed by atoms with Gasteiger partial charge in [-0.3, -0.25) is 9.48 Å². The zero-order valence-electron chi connectivity index (χ0n) is 14.2. The summed E-state index contributed by atoms with van der Waals surface area (Å²) in [5.74, 6) is 1.18. The predicted molar refractivity (Wildman–Crippen MR) is 95.2 cm³/mol. The molecule has 0 spiro atoms. The summed E-state index contributed by atoms with van der Waals surface area (Å²) in [6, 6.07) is 6.02. The average molecular weight is 338 g/mol. The van der Waals surface area contributed by atoms with Gasteiger partial charge in [-0.05, 0) is 37.5 Å². The van der Waals surface area contributed by atoms with Crippen molar-refractivity contribution >= 4 is 22.6 Å². The number of aryl methyl sites for hydroxylation is 3. The van der Waals surface area contributed by atoms with Crippen LogP contribution in [-0.2, 0) is 24.3 Å². The molecule has 0 aliphatic carbocycles. The van der Waals surface area contributed by atoms with Crippen molar-refractivity contribution < 1.29 is 4.79 Å². The third kappa shape index (κ3) is 3.55. The smallest absolute Gasteiger partial charge is 0.224 e. The van der Waals surface area contributed by atoms with Crippen LogP contribution in [0, 0.1) is 0 Å². The Morgan fingerprint density at radius 1 is 1.24 bits per heavy atom. The quantitative estimate of drug-likeness (QED) is 0.776. The fourth-order valence-electron chi connectivity index (χ4n) is 3.40. The van der Waals surface area contributed by atoms with Gasteiger partial charge in [-0.15, -0.1) is 0 Å². The maximum atomic E-state index is 12.1. The van der Waals surface area contributed by atoms with Gasteiger partial charge in [0.15, 0.2) is 0 Å². The normalized spacial score (nSPS) is 14.2. The number of carbonyl (C=O) groups is 1. The second kappa shape index (κ2) is 7.04. The number of hydrogen-bond donors (Lipinski definition) is 1. The van der Waals surface area contributed by atoms with Crippen molar-refractivity contribution in [2.24, 2.45) is 0 Å². The molecule has 1 aromatic carbocycles. The van der Waals surface area contributed by atoms with Crippen LogP contribution in [0.15, 0.2) is 30.9 Å². The highest BCUT2D eigenvalue weighted by Gasteiger charge is 2.14. The summed E-state index contributed by atoms with van der Waals surface area (Å²) in [5, 5.41) is 7.01. The summed E-state index contributed by atoms with van der Waals surface area (Å²) in [6.45, 7) is 1.74. The Morgan fingerprint density at radius 3 is 3.08 bits per heavy atom. The molecule has 0 unspecified atom stereocenters. The zero-order valence-corrected chi connectivity index (χ0v) is 14.2. The van der Waals surface area contributed by atoms with Crippen LogP contribution in [0.3, 0.4) is 0 Å². The van der Waals surface area contributed by atoms with E-state index in [-0.39, 0.29) is 5.91 Å². The molecule has 1 amide bonds. The number of benzene rings is 1. The highest BCUT2D eigenvalue weighted by atomic mass is 16.1. The van der Waals surface area contributed by atoms with Crippen LogP contribution in [0.1, 0.15) is 37.9 Å². The molecule has 3 heterocycles. The molecule has 1 aliphatic heterocycles. The first kappa shape index (κ1) is 15.8. The number of hydrogen-bond acceptors (Lipinski definition) is 4. The minimum atomic E-state index is 0.0141. The maximum absolute atomic E-state index is 12.1. The average Bonchev–Trinajstić information content (AvgIpc) is 3.17.